The topological polar surface area (TPSA) is 84.7 Å². The van der Waals surface area contributed by atoms with Gasteiger partial charge in [-0.2, -0.15) is 0 Å². The van der Waals surface area contributed by atoms with Crippen LogP contribution in [0.5, 0.6) is 5.88 Å². The molecule has 0 atom stereocenters. The van der Waals surface area contributed by atoms with Gasteiger partial charge in [0.1, 0.15) is 5.56 Å². The SMILES string of the molecule is COc1noc(C)c1C(=O)N1CCC2(CC1)NC(=O)Cc1ccccc12. The number of nitrogens with zero attached hydrogens (tertiary/aromatic N) is 2. The molecule has 4 rings (SSSR count). The van der Waals surface area contributed by atoms with Gasteiger partial charge in [-0.1, -0.05) is 24.3 Å². The molecule has 1 N–H and O–H groups in total. The number of amides is 2. The molecule has 2 aliphatic heterocycles. The van der Waals surface area contributed by atoms with E-state index < -0.39 is 5.54 Å². The van der Waals surface area contributed by atoms with E-state index in [1.165, 1.54) is 12.7 Å². The van der Waals surface area contributed by atoms with E-state index >= 15 is 0 Å². The van der Waals surface area contributed by atoms with E-state index in [0.717, 1.165) is 5.56 Å². The van der Waals surface area contributed by atoms with E-state index in [1.807, 2.05) is 18.2 Å². The minimum atomic E-state index is -0.392. The predicted molar refractivity (Wildman–Crippen MR) is 92.9 cm³/mol. The van der Waals surface area contributed by atoms with Crippen molar-refractivity contribution >= 4 is 11.8 Å². The molecule has 1 saturated heterocycles. The molecule has 2 aromatic rings. The first-order chi connectivity index (χ1) is 12.5. The van der Waals surface area contributed by atoms with Gasteiger partial charge in [0.05, 0.1) is 19.1 Å². The molecule has 7 heteroatoms. The second-order valence-corrected chi connectivity index (χ2v) is 6.88. The fraction of sp³-hybridized carbons (Fsp3) is 0.421. The Morgan fingerprint density at radius 1 is 1.31 bits per heavy atom. The molecule has 1 spiro atoms. The summed E-state index contributed by atoms with van der Waals surface area (Å²) in [5.41, 5.74) is 2.23. The van der Waals surface area contributed by atoms with Crippen LogP contribution in [0.15, 0.2) is 28.8 Å². The number of hydrogen-bond donors (Lipinski definition) is 1. The summed E-state index contributed by atoms with van der Waals surface area (Å²) in [7, 11) is 1.47. The highest BCUT2D eigenvalue weighted by molar-refractivity contribution is 5.97. The molecule has 0 saturated carbocycles. The second-order valence-electron chi connectivity index (χ2n) is 6.88. The van der Waals surface area contributed by atoms with Gasteiger partial charge in [0.2, 0.25) is 5.91 Å². The van der Waals surface area contributed by atoms with Gasteiger partial charge in [-0.05, 0) is 36.0 Å². The lowest BCUT2D eigenvalue weighted by molar-refractivity contribution is -0.124. The molecule has 1 fully saturated rings. The Balaban J connectivity index is 1.57. The minimum Gasteiger partial charge on any atom is -0.478 e. The first-order valence-corrected chi connectivity index (χ1v) is 8.73. The average molecular weight is 355 g/mol. The summed E-state index contributed by atoms with van der Waals surface area (Å²) in [4.78, 5) is 26.9. The molecule has 0 bridgehead atoms. The number of rotatable bonds is 2. The first kappa shape index (κ1) is 16.6. The molecule has 0 aliphatic carbocycles. The molecular formula is C19H21N3O4. The Morgan fingerprint density at radius 2 is 2.04 bits per heavy atom. The number of aromatic nitrogens is 1. The van der Waals surface area contributed by atoms with Crippen LogP contribution in [-0.2, 0) is 16.8 Å². The number of fused-ring (bicyclic) bond motifs is 2. The van der Waals surface area contributed by atoms with Gasteiger partial charge in [-0.3, -0.25) is 9.59 Å². The van der Waals surface area contributed by atoms with Crippen LogP contribution in [0.2, 0.25) is 0 Å². The maximum absolute atomic E-state index is 12.9. The summed E-state index contributed by atoms with van der Waals surface area (Å²) in [6.45, 7) is 2.79. The van der Waals surface area contributed by atoms with E-state index in [2.05, 4.69) is 16.5 Å². The Morgan fingerprint density at radius 3 is 2.77 bits per heavy atom. The Hall–Kier alpha value is -2.83. The number of hydrogen-bond acceptors (Lipinski definition) is 5. The highest BCUT2D eigenvalue weighted by Gasteiger charge is 2.43. The molecular weight excluding hydrogens is 334 g/mol. The second kappa shape index (κ2) is 6.16. The van der Waals surface area contributed by atoms with Gasteiger partial charge in [0.25, 0.3) is 11.8 Å². The summed E-state index contributed by atoms with van der Waals surface area (Å²) in [5, 5.41) is 6.96. The zero-order chi connectivity index (χ0) is 18.3. The summed E-state index contributed by atoms with van der Waals surface area (Å²) in [6, 6.07) is 8.06. The molecule has 26 heavy (non-hydrogen) atoms. The van der Waals surface area contributed by atoms with E-state index in [1.54, 1.807) is 11.8 Å². The number of ether oxygens (including phenoxy) is 1. The molecule has 1 aromatic carbocycles. The van der Waals surface area contributed by atoms with E-state index in [-0.39, 0.29) is 17.7 Å². The number of carbonyl (C=O) groups excluding carboxylic acids is 2. The van der Waals surface area contributed by atoms with Crippen molar-refractivity contribution < 1.29 is 18.8 Å². The van der Waals surface area contributed by atoms with Crippen LogP contribution in [0, 0.1) is 6.92 Å². The normalized spacial score (nSPS) is 18.4. The van der Waals surface area contributed by atoms with Crippen molar-refractivity contribution in [2.24, 2.45) is 0 Å². The summed E-state index contributed by atoms with van der Waals surface area (Å²) in [5.74, 6) is 0.554. The summed E-state index contributed by atoms with van der Waals surface area (Å²) >= 11 is 0. The lowest BCUT2D eigenvalue weighted by atomic mass is 9.75. The molecule has 7 nitrogen and oxygen atoms in total. The third-order valence-corrected chi connectivity index (χ3v) is 5.41. The molecule has 0 radical (unpaired) electrons. The summed E-state index contributed by atoms with van der Waals surface area (Å²) in [6.07, 6.45) is 1.76. The van der Waals surface area contributed by atoms with Gasteiger partial charge in [0, 0.05) is 13.1 Å². The summed E-state index contributed by atoms with van der Waals surface area (Å²) < 4.78 is 10.2. The van der Waals surface area contributed by atoms with Crippen LogP contribution in [0.3, 0.4) is 0 Å². The van der Waals surface area contributed by atoms with Gasteiger partial charge in [-0.15, -0.1) is 0 Å². The number of methoxy groups -OCH3 is 1. The number of carbonyl (C=O) groups is 2. The standard InChI is InChI=1S/C19H21N3O4/c1-12-16(17(25-2)21-26-12)18(24)22-9-7-19(8-10-22)14-6-4-3-5-13(14)11-15(23)20-19/h3-6H,7-11H2,1-2H3,(H,20,23). The maximum Gasteiger partial charge on any atom is 0.267 e. The van der Waals surface area contributed by atoms with Crippen LogP contribution in [0.1, 0.15) is 40.1 Å². The number of nitrogens with one attached hydrogen (secondary N) is 1. The van der Waals surface area contributed by atoms with E-state index in [0.29, 0.717) is 43.7 Å². The number of piperidine rings is 1. The molecule has 2 aliphatic rings. The fourth-order valence-electron chi connectivity index (χ4n) is 4.07. The zero-order valence-corrected chi connectivity index (χ0v) is 14.9. The lowest BCUT2D eigenvalue weighted by Gasteiger charge is -2.45. The zero-order valence-electron chi connectivity index (χ0n) is 14.9. The monoisotopic (exact) mass is 355 g/mol. The van der Waals surface area contributed by atoms with Gasteiger partial charge in [-0.25, -0.2) is 0 Å². The maximum atomic E-state index is 12.9. The van der Waals surface area contributed by atoms with Crippen LogP contribution >= 0.6 is 0 Å². The van der Waals surface area contributed by atoms with Gasteiger partial charge >= 0.3 is 0 Å². The van der Waals surface area contributed by atoms with E-state index in [9.17, 15) is 9.59 Å². The van der Waals surface area contributed by atoms with Crippen LogP contribution in [-0.4, -0.2) is 42.1 Å². The molecule has 2 amide bonds. The van der Waals surface area contributed by atoms with Crippen molar-refractivity contribution in [2.75, 3.05) is 20.2 Å². The number of aryl methyl sites for hydroxylation is 1. The molecule has 1 aromatic heterocycles. The molecule has 136 valence electrons. The van der Waals surface area contributed by atoms with Crippen molar-refractivity contribution in [3.63, 3.8) is 0 Å². The fourth-order valence-corrected chi connectivity index (χ4v) is 4.07. The smallest absolute Gasteiger partial charge is 0.267 e. The molecule has 3 heterocycles. The Kier molecular flexibility index (Phi) is 3.94. The van der Waals surface area contributed by atoms with Crippen LogP contribution in [0.4, 0.5) is 0 Å². The largest absolute Gasteiger partial charge is 0.478 e. The van der Waals surface area contributed by atoms with Crippen molar-refractivity contribution in [3.8, 4) is 5.88 Å². The minimum absolute atomic E-state index is 0.0417. The van der Waals surface area contributed by atoms with Crippen molar-refractivity contribution in [1.82, 2.24) is 15.4 Å². The van der Waals surface area contributed by atoms with Crippen molar-refractivity contribution in [2.45, 2.75) is 31.7 Å². The first-order valence-electron chi connectivity index (χ1n) is 8.73. The highest BCUT2D eigenvalue weighted by atomic mass is 16.5. The Labute approximate surface area is 151 Å². The Bertz CT molecular complexity index is 865. The predicted octanol–water partition coefficient (Wildman–Crippen LogP) is 1.80. The van der Waals surface area contributed by atoms with Gasteiger partial charge in [0.15, 0.2) is 5.76 Å². The highest BCUT2D eigenvalue weighted by Crippen LogP contribution is 2.38. The van der Waals surface area contributed by atoms with Gasteiger partial charge < -0.3 is 19.5 Å². The van der Waals surface area contributed by atoms with Crippen molar-refractivity contribution in [1.29, 1.82) is 0 Å². The average Bonchev–Trinajstić information content (AvgIpc) is 3.02. The number of likely N-dealkylation sites (tertiary alicyclic amines) is 1. The van der Waals surface area contributed by atoms with Crippen molar-refractivity contribution in [3.05, 3.63) is 46.7 Å². The third-order valence-electron chi connectivity index (χ3n) is 5.41. The molecule has 0 unspecified atom stereocenters. The van der Waals surface area contributed by atoms with E-state index in [4.69, 9.17) is 9.26 Å². The third kappa shape index (κ3) is 2.55. The van der Waals surface area contributed by atoms with Crippen LogP contribution in [0.25, 0.3) is 0 Å². The number of benzene rings is 1. The lowest BCUT2D eigenvalue weighted by Crippen LogP contribution is -2.56. The van der Waals surface area contributed by atoms with Crippen LogP contribution < -0.4 is 10.1 Å². The quantitative estimate of drug-likeness (QED) is 0.888.